The molecular weight excluding hydrogens is 526 g/mol. The van der Waals surface area contributed by atoms with E-state index in [2.05, 4.69) is 5.32 Å². The van der Waals surface area contributed by atoms with Crippen LogP contribution in [0.5, 0.6) is 0 Å². The number of carbonyl (C=O) groups excluding carboxylic acids is 1. The molecule has 0 aliphatic carbocycles. The standard InChI is InChI=1S/C20H33NO17/c1-4(24)21-7-14(8(25)5(2-22)34-18(7)33)36-20-13(30)15(9(26)6(3-23)35-20)37-19-12(29)10(27)11(28)16(38-19)17(31)32/h5-16,18-20,22-23,25-30,33H,2-3H2,1H3,(H,21,24)(H,31,32)/t5-,6-,7-,8-,9+,10+,11+,12-,13-,14-,15+,16+,18-,19-,20+/m1/s1. The monoisotopic (exact) mass is 559 g/mol. The van der Waals surface area contributed by atoms with Crippen molar-refractivity contribution in [3.63, 3.8) is 0 Å². The fourth-order valence-electron chi connectivity index (χ4n) is 4.44. The van der Waals surface area contributed by atoms with Crippen molar-refractivity contribution in [2.45, 2.75) is 99.0 Å². The molecular formula is C20H33NO17. The lowest BCUT2D eigenvalue weighted by atomic mass is 9.95. The zero-order valence-corrected chi connectivity index (χ0v) is 19.9. The molecule has 0 aromatic heterocycles. The van der Waals surface area contributed by atoms with Crippen molar-refractivity contribution in [3.8, 4) is 0 Å². The Hall–Kier alpha value is -1.62. The van der Waals surface area contributed by atoms with Gasteiger partial charge in [0.25, 0.3) is 0 Å². The number of aliphatic hydroxyl groups is 9. The van der Waals surface area contributed by atoms with Crippen LogP contribution in [0.3, 0.4) is 0 Å². The Morgan fingerprint density at radius 2 is 1.24 bits per heavy atom. The normalized spacial score (nSPS) is 47.9. The van der Waals surface area contributed by atoms with Gasteiger partial charge in [-0.15, -0.1) is 0 Å². The zero-order chi connectivity index (χ0) is 28.5. The van der Waals surface area contributed by atoms with E-state index in [4.69, 9.17) is 23.7 Å². The van der Waals surface area contributed by atoms with Crippen molar-refractivity contribution >= 4 is 11.9 Å². The largest absolute Gasteiger partial charge is 0.479 e. The molecule has 3 aliphatic heterocycles. The van der Waals surface area contributed by atoms with E-state index in [9.17, 15) is 60.7 Å². The summed E-state index contributed by atoms with van der Waals surface area (Å²) in [6.45, 7) is -0.569. The minimum absolute atomic E-state index is 0.673. The number of carbonyl (C=O) groups is 2. The Morgan fingerprint density at radius 1 is 0.711 bits per heavy atom. The number of nitrogens with one attached hydrogen (secondary N) is 1. The number of aliphatic hydroxyl groups excluding tert-OH is 9. The smallest absolute Gasteiger partial charge is 0.335 e. The predicted molar refractivity (Wildman–Crippen MR) is 113 cm³/mol. The lowest BCUT2D eigenvalue weighted by molar-refractivity contribution is -0.370. The van der Waals surface area contributed by atoms with Crippen molar-refractivity contribution in [2.24, 2.45) is 0 Å². The highest BCUT2D eigenvalue weighted by Gasteiger charge is 2.54. The highest BCUT2D eigenvalue weighted by atomic mass is 16.7. The Morgan fingerprint density at radius 3 is 1.79 bits per heavy atom. The zero-order valence-electron chi connectivity index (χ0n) is 19.9. The van der Waals surface area contributed by atoms with Gasteiger partial charge in [0, 0.05) is 6.92 Å². The maximum absolute atomic E-state index is 11.6. The highest BCUT2D eigenvalue weighted by Crippen LogP contribution is 2.32. The van der Waals surface area contributed by atoms with Gasteiger partial charge >= 0.3 is 5.97 Å². The van der Waals surface area contributed by atoms with E-state index in [0.29, 0.717) is 0 Å². The first-order valence-electron chi connectivity index (χ1n) is 11.6. The molecule has 3 fully saturated rings. The second-order valence-electron chi connectivity index (χ2n) is 9.11. The first-order valence-corrected chi connectivity index (χ1v) is 11.6. The third kappa shape index (κ3) is 6.24. The van der Waals surface area contributed by atoms with Crippen LogP contribution in [-0.2, 0) is 33.3 Å². The Kier molecular flexibility index (Phi) is 10.3. The summed E-state index contributed by atoms with van der Waals surface area (Å²) in [6, 6.07) is -1.45. The Labute approximate surface area is 214 Å². The van der Waals surface area contributed by atoms with Gasteiger partial charge in [-0.25, -0.2) is 4.79 Å². The average Bonchev–Trinajstić information content (AvgIpc) is 2.86. The predicted octanol–water partition coefficient (Wildman–Crippen LogP) is -7.34. The molecule has 0 saturated carbocycles. The Bertz CT molecular complexity index is 818. The summed E-state index contributed by atoms with van der Waals surface area (Å²) >= 11 is 0. The number of hydrogen-bond donors (Lipinski definition) is 11. The molecule has 15 atom stereocenters. The van der Waals surface area contributed by atoms with Gasteiger partial charge in [-0.05, 0) is 0 Å². The third-order valence-electron chi connectivity index (χ3n) is 6.46. The summed E-state index contributed by atoms with van der Waals surface area (Å²) in [5.74, 6) is -2.39. The van der Waals surface area contributed by atoms with E-state index in [1.807, 2.05) is 0 Å². The molecule has 11 N–H and O–H groups in total. The molecule has 0 spiro atoms. The molecule has 3 heterocycles. The van der Waals surface area contributed by atoms with Crippen molar-refractivity contribution in [1.82, 2.24) is 5.32 Å². The molecule has 3 rings (SSSR count). The average molecular weight is 559 g/mol. The molecule has 0 bridgehead atoms. The third-order valence-corrected chi connectivity index (χ3v) is 6.46. The summed E-state index contributed by atoms with van der Waals surface area (Å²) in [6.07, 6.45) is -25.8. The number of ether oxygens (including phenoxy) is 5. The van der Waals surface area contributed by atoms with Gasteiger partial charge in [0.05, 0.1) is 13.2 Å². The van der Waals surface area contributed by atoms with Crippen LogP contribution in [-0.4, -0.2) is 168 Å². The molecule has 0 aromatic carbocycles. The van der Waals surface area contributed by atoms with Gasteiger partial charge in [-0.2, -0.15) is 0 Å². The molecule has 1 amide bonds. The van der Waals surface area contributed by atoms with E-state index >= 15 is 0 Å². The fraction of sp³-hybridized carbons (Fsp3) is 0.900. The van der Waals surface area contributed by atoms with E-state index in [-0.39, 0.29) is 0 Å². The van der Waals surface area contributed by atoms with E-state index in [0.717, 1.165) is 6.92 Å². The lowest BCUT2D eigenvalue weighted by Crippen LogP contribution is -2.68. The maximum atomic E-state index is 11.6. The molecule has 3 saturated heterocycles. The van der Waals surface area contributed by atoms with Gasteiger partial charge < -0.3 is 80.1 Å². The lowest BCUT2D eigenvalue weighted by Gasteiger charge is -2.48. The second-order valence-corrected chi connectivity index (χ2v) is 9.11. The number of carboxylic acid groups (broad SMARTS) is 1. The molecule has 0 unspecified atom stereocenters. The van der Waals surface area contributed by atoms with E-state index in [1.165, 1.54) is 0 Å². The van der Waals surface area contributed by atoms with Crippen LogP contribution >= 0.6 is 0 Å². The Balaban J connectivity index is 1.85. The first-order chi connectivity index (χ1) is 17.8. The van der Waals surface area contributed by atoms with E-state index in [1.54, 1.807) is 0 Å². The van der Waals surface area contributed by atoms with Crippen molar-refractivity contribution in [2.75, 3.05) is 13.2 Å². The van der Waals surface area contributed by atoms with Crippen LogP contribution in [0.2, 0.25) is 0 Å². The first kappa shape index (κ1) is 30.9. The number of carboxylic acids is 1. The molecule has 220 valence electrons. The maximum Gasteiger partial charge on any atom is 0.335 e. The van der Waals surface area contributed by atoms with Crippen LogP contribution < -0.4 is 5.32 Å². The summed E-state index contributed by atoms with van der Waals surface area (Å²) in [5.41, 5.74) is 0. The van der Waals surface area contributed by atoms with Gasteiger partial charge in [0.15, 0.2) is 25.0 Å². The van der Waals surface area contributed by atoms with E-state index < -0.39 is 117 Å². The summed E-state index contributed by atoms with van der Waals surface area (Å²) < 4.78 is 26.4. The quantitative estimate of drug-likeness (QED) is 0.132. The minimum atomic E-state index is -2.06. The van der Waals surface area contributed by atoms with Crippen molar-refractivity contribution < 1.29 is 84.3 Å². The fourth-order valence-corrected chi connectivity index (χ4v) is 4.44. The van der Waals surface area contributed by atoms with Crippen LogP contribution in [0.25, 0.3) is 0 Å². The van der Waals surface area contributed by atoms with Gasteiger partial charge in [-0.3, -0.25) is 4.79 Å². The van der Waals surface area contributed by atoms with Crippen LogP contribution in [0.1, 0.15) is 6.92 Å². The molecule has 18 heteroatoms. The van der Waals surface area contributed by atoms with Gasteiger partial charge in [0.1, 0.15) is 67.1 Å². The molecule has 0 radical (unpaired) electrons. The van der Waals surface area contributed by atoms with Crippen LogP contribution in [0, 0.1) is 0 Å². The molecule has 38 heavy (non-hydrogen) atoms. The van der Waals surface area contributed by atoms with Crippen molar-refractivity contribution in [1.29, 1.82) is 0 Å². The van der Waals surface area contributed by atoms with Gasteiger partial charge in [-0.1, -0.05) is 0 Å². The molecule has 18 nitrogen and oxygen atoms in total. The SMILES string of the molecule is CC(=O)N[C@@H]1[C@@H](O[C@@H]2O[C@H](CO)[C@H](O)[C@H](O[C@@H]3O[C@H](C(=O)O)[C@@H](O)[C@H](O)[C@H]3O)[C@H]2O)[C@H](O)[C@@H](CO)O[C@H]1O. The van der Waals surface area contributed by atoms with Gasteiger partial charge in [0.2, 0.25) is 5.91 Å². The number of amides is 1. The summed E-state index contributed by atoms with van der Waals surface area (Å²) in [5, 5.41) is 103. The van der Waals surface area contributed by atoms with Crippen molar-refractivity contribution in [3.05, 3.63) is 0 Å². The number of hydrogen-bond acceptors (Lipinski definition) is 16. The van der Waals surface area contributed by atoms with Crippen LogP contribution in [0.15, 0.2) is 0 Å². The summed E-state index contributed by atoms with van der Waals surface area (Å²) in [4.78, 5) is 23.0. The summed E-state index contributed by atoms with van der Waals surface area (Å²) in [7, 11) is 0. The topological polar surface area (TPSA) is 295 Å². The highest BCUT2D eigenvalue weighted by molar-refractivity contribution is 5.73. The minimum Gasteiger partial charge on any atom is -0.479 e. The number of rotatable bonds is 8. The second kappa shape index (κ2) is 12.7. The van der Waals surface area contributed by atoms with Crippen LogP contribution in [0.4, 0.5) is 0 Å². The molecule has 0 aromatic rings. The molecule has 3 aliphatic rings. The number of aliphatic carboxylic acids is 1.